The molecule has 0 aromatic carbocycles. The van der Waals surface area contributed by atoms with Crippen molar-refractivity contribution in [3.8, 4) is 45.6 Å². The third-order valence-electron chi connectivity index (χ3n) is 12.1. The van der Waals surface area contributed by atoms with Crippen LogP contribution >= 0.6 is 0 Å². The smallest absolute Gasteiger partial charge is 0.275 e. The Balaban J connectivity index is 0.000000159. The topological polar surface area (TPSA) is 230 Å². The van der Waals surface area contributed by atoms with Crippen LogP contribution in [0.3, 0.4) is 0 Å². The first kappa shape index (κ1) is 45.8. The molecule has 356 valence electrons. The van der Waals surface area contributed by atoms with Crippen molar-refractivity contribution in [1.29, 1.82) is 0 Å². The Kier molecular flexibility index (Phi) is 13.4. The van der Waals surface area contributed by atoms with E-state index in [9.17, 15) is 9.59 Å². The molecule has 2 aliphatic heterocycles. The predicted molar refractivity (Wildman–Crippen MR) is 259 cm³/mol. The Hall–Kier alpha value is -8.94. The van der Waals surface area contributed by atoms with Gasteiger partial charge in [-0.15, -0.1) is 0 Å². The number of likely N-dealkylation sites (tertiary alicyclic amines) is 2. The van der Waals surface area contributed by atoms with E-state index in [0.717, 1.165) is 31.2 Å². The summed E-state index contributed by atoms with van der Waals surface area (Å²) < 4.78 is 14.2. The van der Waals surface area contributed by atoms with E-state index < -0.39 is 0 Å². The van der Waals surface area contributed by atoms with E-state index in [0.29, 0.717) is 106 Å². The van der Waals surface area contributed by atoms with Gasteiger partial charge in [-0.1, -0.05) is 48.4 Å². The molecule has 2 unspecified atom stereocenters. The van der Waals surface area contributed by atoms with Crippen LogP contribution in [0.25, 0.3) is 56.8 Å². The summed E-state index contributed by atoms with van der Waals surface area (Å²) in [5, 5.41) is 17.3. The molecule has 10 aromatic rings. The van der Waals surface area contributed by atoms with Crippen LogP contribution in [0.5, 0.6) is 0 Å². The van der Waals surface area contributed by atoms with Gasteiger partial charge in [-0.3, -0.25) is 29.5 Å². The minimum Gasteiger partial charge on any atom is -0.339 e. The summed E-state index contributed by atoms with van der Waals surface area (Å²) in [6.45, 7) is 7.24. The largest absolute Gasteiger partial charge is 0.339 e. The first-order valence-corrected chi connectivity index (χ1v) is 23.6. The molecule has 2 atom stereocenters. The summed E-state index contributed by atoms with van der Waals surface area (Å²) in [5.74, 6) is 1.53. The van der Waals surface area contributed by atoms with E-state index in [1.54, 1.807) is 70.7 Å². The third kappa shape index (κ3) is 9.59. The number of aromatic nitrogens is 14. The Bertz CT molecular complexity index is 3390. The second-order valence-electron chi connectivity index (χ2n) is 16.6. The molecule has 0 radical (unpaired) electrons. The van der Waals surface area contributed by atoms with Gasteiger partial charge in [0.25, 0.3) is 11.8 Å². The van der Waals surface area contributed by atoms with Crippen LogP contribution in [-0.2, 0) is 12.8 Å². The van der Waals surface area contributed by atoms with Gasteiger partial charge in [0.05, 0.1) is 22.5 Å². The first-order chi connectivity index (χ1) is 34.9. The van der Waals surface area contributed by atoms with Gasteiger partial charge in [-0.25, -0.2) is 19.0 Å². The molecule has 2 amide bonds. The Morgan fingerprint density at radius 1 is 0.549 bits per heavy atom. The number of carbonyl (C=O) groups is 2. The van der Waals surface area contributed by atoms with Crippen LogP contribution in [0.15, 0.2) is 137 Å². The van der Waals surface area contributed by atoms with E-state index in [-0.39, 0.29) is 23.9 Å². The Morgan fingerprint density at radius 2 is 1.00 bits per heavy atom. The second kappa shape index (κ2) is 20.7. The SMILES string of the molecule is CC.Cc1ccc(-c2noc(CC3CCCN3C(=O)c3nn4cccnc4c3-c3ccccn3)n2)nc1.O=C(c1nn2cccnc2c1-c1ccccn1)N1CCCC1Cc1nc(-c2ccccn2)no1. The molecule has 10 aromatic heterocycles. The van der Waals surface area contributed by atoms with Gasteiger partial charge in [0.15, 0.2) is 22.7 Å². The lowest BCUT2D eigenvalue weighted by Gasteiger charge is -2.23. The van der Waals surface area contributed by atoms with E-state index in [2.05, 4.69) is 60.4 Å². The standard InChI is InChI=1S/C25H22N8O2.C24H20N8O2.C2H6/c1-16-8-9-19(28-15-16)23-29-20(35-31-23)14-17-6-4-12-32(17)25(34)22-21(18-7-2-3-10-26-18)24-27-11-5-13-33(24)30-22;33-24(21-20(17-8-1-3-10-25-17)23-27-12-6-14-32(23)29-21)31-13-5-7-16(31)15-19-28-22(30-34-19)18-9-2-4-11-26-18;1-2/h2-3,5,7-11,13,15,17H,4,6,12,14H2,1H3;1-4,6,8-12,14,16H,5,7,13,15H2;1-2H3. The first-order valence-electron chi connectivity index (χ1n) is 23.6. The molecule has 0 N–H and O–H groups in total. The number of amides is 2. The van der Waals surface area contributed by atoms with Crippen LogP contribution in [0.2, 0.25) is 0 Å². The number of hydrogen-bond donors (Lipinski definition) is 0. The number of pyridine rings is 4. The fraction of sp³-hybridized carbons (Fsp3) is 0.255. The number of fused-ring (bicyclic) bond motifs is 2. The van der Waals surface area contributed by atoms with E-state index in [1.165, 1.54) is 0 Å². The average Bonchev–Trinajstić information content (AvgIpc) is 4.31. The maximum atomic E-state index is 13.8. The Morgan fingerprint density at radius 3 is 1.44 bits per heavy atom. The van der Waals surface area contributed by atoms with Crippen molar-refractivity contribution in [2.45, 2.75) is 71.4 Å². The van der Waals surface area contributed by atoms with Gasteiger partial charge in [0, 0.05) is 87.6 Å². The quantitative estimate of drug-likeness (QED) is 0.129. The van der Waals surface area contributed by atoms with Crippen LogP contribution in [0.4, 0.5) is 0 Å². The highest BCUT2D eigenvalue weighted by Crippen LogP contribution is 2.32. The minimum absolute atomic E-state index is 0.0705. The number of hydrogen-bond acceptors (Lipinski definition) is 16. The summed E-state index contributed by atoms with van der Waals surface area (Å²) in [5.41, 5.74) is 6.81. The second-order valence-corrected chi connectivity index (χ2v) is 16.6. The minimum atomic E-state index is -0.155. The molecule has 12 rings (SSSR count). The van der Waals surface area contributed by atoms with Crippen molar-refractivity contribution in [2.24, 2.45) is 0 Å². The van der Waals surface area contributed by atoms with Crippen molar-refractivity contribution in [2.75, 3.05) is 13.1 Å². The summed E-state index contributed by atoms with van der Waals surface area (Å²) in [6, 6.07) is 24.0. The molecule has 2 fully saturated rings. The molecule has 12 heterocycles. The van der Waals surface area contributed by atoms with Gasteiger partial charge in [0.1, 0.15) is 11.4 Å². The lowest BCUT2D eigenvalue weighted by molar-refractivity contribution is 0.0717. The van der Waals surface area contributed by atoms with E-state index in [1.807, 2.05) is 97.3 Å². The number of rotatable bonds is 10. The van der Waals surface area contributed by atoms with Crippen molar-refractivity contribution < 1.29 is 18.6 Å². The summed E-state index contributed by atoms with van der Waals surface area (Å²) in [6.07, 6.45) is 18.2. The fourth-order valence-corrected chi connectivity index (χ4v) is 8.85. The molecular formula is C51H48N16O4. The summed E-state index contributed by atoms with van der Waals surface area (Å²) in [7, 11) is 0. The highest BCUT2D eigenvalue weighted by Gasteiger charge is 2.36. The molecule has 0 bridgehead atoms. The van der Waals surface area contributed by atoms with Crippen LogP contribution in [-0.4, -0.2) is 116 Å². The van der Waals surface area contributed by atoms with E-state index in [4.69, 9.17) is 9.05 Å². The van der Waals surface area contributed by atoms with Gasteiger partial charge in [-0.2, -0.15) is 20.2 Å². The van der Waals surface area contributed by atoms with Gasteiger partial charge >= 0.3 is 0 Å². The maximum absolute atomic E-state index is 13.8. The summed E-state index contributed by atoms with van der Waals surface area (Å²) in [4.78, 5) is 66.7. The van der Waals surface area contributed by atoms with E-state index >= 15 is 0 Å². The zero-order chi connectivity index (χ0) is 48.7. The lowest BCUT2D eigenvalue weighted by atomic mass is 10.1. The molecule has 0 aliphatic carbocycles. The monoisotopic (exact) mass is 948 g/mol. The predicted octanol–water partition coefficient (Wildman–Crippen LogP) is 7.50. The van der Waals surface area contributed by atoms with Crippen molar-refractivity contribution in [1.82, 2.24) is 79.2 Å². The summed E-state index contributed by atoms with van der Waals surface area (Å²) >= 11 is 0. The number of aryl methyl sites for hydroxylation is 1. The fourth-order valence-electron chi connectivity index (χ4n) is 8.85. The zero-order valence-corrected chi connectivity index (χ0v) is 39.2. The molecule has 71 heavy (non-hydrogen) atoms. The van der Waals surface area contributed by atoms with Crippen LogP contribution < -0.4 is 0 Å². The third-order valence-corrected chi connectivity index (χ3v) is 12.1. The normalized spacial score (nSPS) is 15.4. The highest BCUT2D eigenvalue weighted by atomic mass is 16.5. The molecule has 0 saturated carbocycles. The van der Waals surface area contributed by atoms with Crippen LogP contribution in [0.1, 0.15) is 77.9 Å². The van der Waals surface area contributed by atoms with Crippen molar-refractivity contribution in [3.63, 3.8) is 0 Å². The molecule has 20 nitrogen and oxygen atoms in total. The molecule has 2 saturated heterocycles. The van der Waals surface area contributed by atoms with Crippen molar-refractivity contribution in [3.05, 3.63) is 157 Å². The zero-order valence-electron chi connectivity index (χ0n) is 39.2. The molecule has 0 spiro atoms. The molecule has 2 aliphatic rings. The lowest BCUT2D eigenvalue weighted by Crippen LogP contribution is -2.37. The Labute approximate surface area is 406 Å². The molecule has 20 heteroatoms. The van der Waals surface area contributed by atoms with Crippen LogP contribution in [0, 0.1) is 6.92 Å². The average molecular weight is 949 g/mol. The van der Waals surface area contributed by atoms with Gasteiger partial charge in [0.2, 0.25) is 23.4 Å². The molecular weight excluding hydrogens is 901 g/mol. The number of carbonyl (C=O) groups excluding carboxylic acids is 2. The number of nitrogens with zero attached hydrogens (tertiary/aromatic N) is 16. The highest BCUT2D eigenvalue weighted by molar-refractivity contribution is 6.03. The van der Waals surface area contributed by atoms with Crippen molar-refractivity contribution >= 4 is 23.1 Å². The van der Waals surface area contributed by atoms with Gasteiger partial charge in [-0.05, 0) is 92.8 Å². The maximum Gasteiger partial charge on any atom is 0.275 e. The van der Waals surface area contributed by atoms with Gasteiger partial charge < -0.3 is 18.8 Å².